The van der Waals surface area contributed by atoms with Gasteiger partial charge in [0.15, 0.2) is 0 Å². The maximum atomic E-state index is 11.8. The van der Waals surface area contributed by atoms with Crippen molar-refractivity contribution in [1.82, 2.24) is 4.72 Å². The van der Waals surface area contributed by atoms with Gasteiger partial charge in [0.2, 0.25) is 10.0 Å². The molecule has 0 saturated heterocycles. The van der Waals surface area contributed by atoms with Crippen molar-refractivity contribution in [2.24, 2.45) is 5.92 Å². The van der Waals surface area contributed by atoms with Crippen LogP contribution in [0.1, 0.15) is 25.7 Å². The summed E-state index contributed by atoms with van der Waals surface area (Å²) in [6.45, 7) is 0.0255. The fourth-order valence-electron chi connectivity index (χ4n) is 2.89. The Hall–Kier alpha value is -1.71. The molecular formula is C14H21N3O5S. The first kappa shape index (κ1) is 17.6. The molecule has 1 fully saturated rings. The topological polar surface area (TPSA) is 122 Å². The van der Waals surface area contributed by atoms with Crippen LogP contribution in [0.2, 0.25) is 0 Å². The summed E-state index contributed by atoms with van der Waals surface area (Å²) in [5, 5.41) is 23.8. The van der Waals surface area contributed by atoms with Crippen molar-refractivity contribution in [3.8, 4) is 0 Å². The molecule has 23 heavy (non-hydrogen) atoms. The van der Waals surface area contributed by atoms with Crippen molar-refractivity contribution < 1.29 is 18.4 Å². The van der Waals surface area contributed by atoms with Crippen molar-refractivity contribution >= 4 is 21.4 Å². The third kappa shape index (κ3) is 3.98. The summed E-state index contributed by atoms with van der Waals surface area (Å²) in [5.41, 5.74) is -0.0148. The van der Waals surface area contributed by atoms with E-state index < -0.39 is 14.9 Å². The summed E-state index contributed by atoms with van der Waals surface area (Å²) in [5.74, 6) is 0.0454. The summed E-state index contributed by atoms with van der Waals surface area (Å²) >= 11 is 0. The van der Waals surface area contributed by atoms with Gasteiger partial charge in [0.05, 0.1) is 9.82 Å². The number of nitrogens with one attached hydrogen (secondary N) is 2. The molecule has 1 aromatic carbocycles. The number of rotatable bonds is 6. The monoisotopic (exact) mass is 343 g/mol. The third-order valence-corrected chi connectivity index (χ3v) is 5.64. The second-order valence-electron chi connectivity index (χ2n) is 5.62. The van der Waals surface area contributed by atoms with E-state index in [1.165, 1.54) is 19.2 Å². The van der Waals surface area contributed by atoms with E-state index in [0.29, 0.717) is 0 Å². The van der Waals surface area contributed by atoms with E-state index in [0.717, 1.165) is 31.7 Å². The Labute approximate surface area is 135 Å². The first-order chi connectivity index (χ1) is 10.9. The second-order valence-corrected chi connectivity index (χ2v) is 7.51. The maximum absolute atomic E-state index is 11.8. The van der Waals surface area contributed by atoms with Crippen LogP contribution in [-0.2, 0) is 10.0 Å². The van der Waals surface area contributed by atoms with Crippen LogP contribution < -0.4 is 10.0 Å². The quantitative estimate of drug-likeness (QED) is 0.531. The number of nitrogens with zero attached hydrogens (tertiary/aromatic N) is 1. The van der Waals surface area contributed by atoms with Gasteiger partial charge < -0.3 is 10.4 Å². The molecule has 0 bridgehead atoms. The van der Waals surface area contributed by atoms with Crippen LogP contribution in [0.5, 0.6) is 0 Å². The van der Waals surface area contributed by atoms with Crippen LogP contribution in [0, 0.1) is 16.0 Å². The molecule has 2 rings (SSSR count). The number of sulfonamides is 1. The van der Waals surface area contributed by atoms with Gasteiger partial charge in [-0.3, -0.25) is 10.1 Å². The summed E-state index contributed by atoms with van der Waals surface area (Å²) in [6, 6.07) is 3.73. The van der Waals surface area contributed by atoms with Crippen LogP contribution >= 0.6 is 0 Å². The van der Waals surface area contributed by atoms with E-state index in [1.807, 2.05) is 0 Å². The standard InChI is InChI=1S/C14H21N3O5S/c1-15-23(21,22)11-6-7-13(14(8-11)17(19)20)16-12-5-3-2-4-10(12)9-18/h6-8,10,12,15-16,18H,2-5,9H2,1H3. The molecule has 2 atom stereocenters. The highest BCUT2D eigenvalue weighted by Gasteiger charge is 2.27. The molecule has 8 nitrogen and oxygen atoms in total. The molecule has 9 heteroatoms. The van der Waals surface area contributed by atoms with Crippen LogP contribution in [0.15, 0.2) is 23.1 Å². The second kappa shape index (κ2) is 7.24. The highest BCUT2D eigenvalue weighted by molar-refractivity contribution is 7.89. The van der Waals surface area contributed by atoms with Gasteiger partial charge in [0.25, 0.3) is 5.69 Å². The van der Waals surface area contributed by atoms with Gasteiger partial charge in [-0.2, -0.15) is 0 Å². The van der Waals surface area contributed by atoms with Gasteiger partial charge >= 0.3 is 0 Å². The minimum Gasteiger partial charge on any atom is -0.396 e. The van der Waals surface area contributed by atoms with E-state index >= 15 is 0 Å². The number of hydrogen-bond acceptors (Lipinski definition) is 6. The molecule has 128 valence electrons. The molecule has 0 amide bonds. The number of anilines is 1. The summed E-state index contributed by atoms with van der Waals surface area (Å²) < 4.78 is 25.7. The number of nitro benzene ring substituents is 1. The van der Waals surface area contributed by atoms with Gasteiger partial charge in [-0.1, -0.05) is 12.8 Å². The highest BCUT2D eigenvalue weighted by Crippen LogP contribution is 2.32. The predicted molar refractivity (Wildman–Crippen MR) is 85.8 cm³/mol. The Morgan fingerprint density at radius 1 is 1.35 bits per heavy atom. The molecule has 0 heterocycles. The normalized spacial score (nSPS) is 21.8. The van der Waals surface area contributed by atoms with Gasteiger partial charge in [-0.25, -0.2) is 13.1 Å². The van der Waals surface area contributed by atoms with Crippen molar-refractivity contribution in [2.45, 2.75) is 36.6 Å². The Bertz CT molecular complexity index is 677. The third-order valence-electron chi connectivity index (χ3n) is 4.23. The first-order valence-electron chi connectivity index (χ1n) is 7.48. The SMILES string of the molecule is CNS(=O)(=O)c1ccc(NC2CCCCC2CO)c([N+](=O)[O-])c1. The number of hydrogen-bond donors (Lipinski definition) is 3. The molecule has 1 aliphatic rings. The maximum Gasteiger partial charge on any atom is 0.293 e. The molecule has 0 aliphatic heterocycles. The first-order valence-corrected chi connectivity index (χ1v) is 8.96. The molecule has 0 spiro atoms. The minimum atomic E-state index is -3.74. The molecule has 2 unspecified atom stereocenters. The summed E-state index contributed by atoms with van der Waals surface area (Å²) in [7, 11) is -2.49. The van der Waals surface area contributed by atoms with Crippen LogP contribution in [-0.4, -0.2) is 38.1 Å². The van der Waals surface area contributed by atoms with Crippen LogP contribution in [0.25, 0.3) is 0 Å². The van der Waals surface area contributed by atoms with E-state index in [4.69, 9.17) is 0 Å². The molecular weight excluding hydrogens is 322 g/mol. The zero-order valence-corrected chi connectivity index (χ0v) is 13.7. The zero-order valence-electron chi connectivity index (χ0n) is 12.9. The van der Waals surface area contributed by atoms with E-state index in [9.17, 15) is 23.6 Å². The number of aliphatic hydroxyl groups excluding tert-OH is 1. The Morgan fingerprint density at radius 3 is 2.65 bits per heavy atom. The zero-order chi connectivity index (χ0) is 17.0. The van der Waals surface area contributed by atoms with Crippen LogP contribution in [0.4, 0.5) is 11.4 Å². The van der Waals surface area contributed by atoms with E-state index in [-0.39, 0.29) is 34.8 Å². The average molecular weight is 343 g/mol. The van der Waals surface area contributed by atoms with E-state index in [1.54, 1.807) is 0 Å². The molecule has 1 saturated carbocycles. The fourth-order valence-corrected chi connectivity index (χ4v) is 3.64. The largest absolute Gasteiger partial charge is 0.396 e. The molecule has 0 radical (unpaired) electrons. The highest BCUT2D eigenvalue weighted by atomic mass is 32.2. The van der Waals surface area contributed by atoms with Gasteiger partial charge in [-0.15, -0.1) is 0 Å². The van der Waals surface area contributed by atoms with Gasteiger partial charge in [0.1, 0.15) is 5.69 Å². The Kier molecular flexibility index (Phi) is 5.55. The molecule has 1 aromatic rings. The lowest BCUT2D eigenvalue weighted by Crippen LogP contribution is -2.34. The lowest BCUT2D eigenvalue weighted by molar-refractivity contribution is -0.384. The molecule has 1 aliphatic carbocycles. The van der Waals surface area contributed by atoms with Crippen molar-refractivity contribution in [3.05, 3.63) is 28.3 Å². The predicted octanol–water partition coefficient (Wildman–Crippen LogP) is 1.47. The smallest absolute Gasteiger partial charge is 0.293 e. The molecule has 3 N–H and O–H groups in total. The van der Waals surface area contributed by atoms with Crippen molar-refractivity contribution in [3.63, 3.8) is 0 Å². The average Bonchev–Trinajstić information content (AvgIpc) is 2.55. The Morgan fingerprint density at radius 2 is 2.04 bits per heavy atom. The van der Waals surface area contributed by atoms with Crippen molar-refractivity contribution in [1.29, 1.82) is 0 Å². The Balaban J connectivity index is 2.33. The number of nitro groups is 1. The van der Waals surface area contributed by atoms with Gasteiger partial charge in [0, 0.05) is 24.6 Å². The molecule has 0 aromatic heterocycles. The van der Waals surface area contributed by atoms with E-state index in [2.05, 4.69) is 10.0 Å². The lowest BCUT2D eigenvalue weighted by Gasteiger charge is -2.31. The fraction of sp³-hybridized carbons (Fsp3) is 0.571. The van der Waals surface area contributed by atoms with Crippen LogP contribution in [0.3, 0.4) is 0 Å². The van der Waals surface area contributed by atoms with Gasteiger partial charge in [-0.05, 0) is 32.0 Å². The number of aliphatic hydroxyl groups is 1. The summed E-state index contributed by atoms with van der Waals surface area (Å²) in [4.78, 5) is 10.5. The van der Waals surface area contributed by atoms with Crippen molar-refractivity contribution in [2.75, 3.05) is 19.0 Å². The summed E-state index contributed by atoms with van der Waals surface area (Å²) in [6.07, 6.45) is 3.71. The lowest BCUT2D eigenvalue weighted by atomic mass is 9.85. The number of benzene rings is 1. The minimum absolute atomic E-state index is 0.0255.